The molecule has 10 heteroatoms. The Kier molecular flexibility index (Phi) is 9.30. The molecular formula is C26H29ClF2N2O4S. The van der Waals surface area contributed by atoms with Gasteiger partial charge in [0.05, 0.1) is 43.4 Å². The molecule has 3 aromatic rings. The van der Waals surface area contributed by atoms with Gasteiger partial charge in [0, 0.05) is 23.1 Å². The van der Waals surface area contributed by atoms with Crippen molar-refractivity contribution < 1.29 is 26.6 Å². The minimum absolute atomic E-state index is 0.127. The Morgan fingerprint density at radius 2 is 1.67 bits per heavy atom. The van der Waals surface area contributed by atoms with Gasteiger partial charge in [-0.15, -0.1) is 0 Å². The monoisotopic (exact) mass is 538 g/mol. The van der Waals surface area contributed by atoms with Crippen molar-refractivity contribution in [2.45, 2.75) is 31.7 Å². The van der Waals surface area contributed by atoms with E-state index in [0.29, 0.717) is 42.4 Å². The second-order valence-corrected chi connectivity index (χ2v) is 10.6. The van der Waals surface area contributed by atoms with Crippen molar-refractivity contribution in [2.24, 2.45) is 0 Å². The summed E-state index contributed by atoms with van der Waals surface area (Å²) in [5.74, 6) is -1.28. The molecule has 0 bridgehead atoms. The summed E-state index contributed by atoms with van der Waals surface area (Å²) in [7, 11) is -4.31. The van der Waals surface area contributed by atoms with Crippen LogP contribution in [-0.4, -0.2) is 39.3 Å². The fraction of sp³-hybridized carbons (Fsp3) is 0.308. The lowest BCUT2D eigenvalue weighted by molar-refractivity contribution is -0.877. The van der Waals surface area contributed by atoms with Crippen molar-refractivity contribution in [2.75, 3.05) is 30.5 Å². The van der Waals surface area contributed by atoms with E-state index in [-0.39, 0.29) is 22.7 Å². The third kappa shape index (κ3) is 6.73. The van der Waals surface area contributed by atoms with Gasteiger partial charge in [0.1, 0.15) is 17.4 Å². The Morgan fingerprint density at radius 3 is 2.33 bits per heavy atom. The molecule has 0 spiro atoms. The number of sulfonamides is 1. The lowest BCUT2D eigenvalue weighted by Crippen LogP contribution is -2.42. The van der Waals surface area contributed by atoms with Gasteiger partial charge in [-0.25, -0.2) is 17.2 Å². The number of halogens is 3. The molecule has 0 aromatic heterocycles. The van der Waals surface area contributed by atoms with Crippen LogP contribution >= 0.6 is 11.6 Å². The highest BCUT2D eigenvalue weighted by Gasteiger charge is 2.29. The number of hydroxylamine groups is 3. The molecule has 0 saturated heterocycles. The predicted octanol–water partition coefficient (Wildman–Crippen LogP) is 6.14. The number of rotatable bonds is 12. The first-order valence-corrected chi connectivity index (χ1v) is 13.4. The van der Waals surface area contributed by atoms with E-state index in [1.807, 2.05) is 13.8 Å². The minimum atomic E-state index is -4.31. The molecule has 0 unspecified atom stereocenters. The molecule has 0 aliphatic carbocycles. The molecular weight excluding hydrogens is 510 g/mol. The quantitative estimate of drug-likeness (QED) is 0.158. The van der Waals surface area contributed by atoms with Gasteiger partial charge >= 0.3 is 0 Å². The Morgan fingerprint density at radius 1 is 1.00 bits per heavy atom. The summed E-state index contributed by atoms with van der Waals surface area (Å²) in [5, 5.41) is 12.8. The van der Waals surface area contributed by atoms with E-state index in [0.717, 1.165) is 22.5 Å². The third-order valence-corrected chi connectivity index (χ3v) is 8.01. The zero-order valence-corrected chi connectivity index (χ0v) is 21.7. The van der Waals surface area contributed by atoms with Gasteiger partial charge in [-0.3, -0.25) is 4.31 Å². The SMILES string of the molecule is CC[N+]([O-])(CC)CCCOc1ccccc1CN(c1cc(F)ccc1F)S(=O)(=O)c1ccc(Cl)cc1. The van der Waals surface area contributed by atoms with Crippen molar-refractivity contribution in [3.8, 4) is 5.75 Å². The molecule has 0 saturated carbocycles. The van der Waals surface area contributed by atoms with E-state index >= 15 is 0 Å². The fourth-order valence-electron chi connectivity index (χ4n) is 3.72. The number of ether oxygens (including phenoxy) is 1. The van der Waals surface area contributed by atoms with E-state index < -0.39 is 27.3 Å². The van der Waals surface area contributed by atoms with Crippen LogP contribution in [0.1, 0.15) is 25.8 Å². The predicted molar refractivity (Wildman–Crippen MR) is 137 cm³/mol. The zero-order chi connectivity index (χ0) is 26.3. The second kappa shape index (κ2) is 12.0. The summed E-state index contributed by atoms with van der Waals surface area (Å²) < 4.78 is 62.4. The molecule has 0 fully saturated rings. The number of benzene rings is 3. The smallest absolute Gasteiger partial charge is 0.264 e. The first kappa shape index (κ1) is 27.9. The Labute approximate surface area is 215 Å². The highest BCUT2D eigenvalue weighted by molar-refractivity contribution is 7.92. The van der Waals surface area contributed by atoms with E-state index in [4.69, 9.17) is 16.3 Å². The van der Waals surface area contributed by atoms with Gasteiger partial charge < -0.3 is 14.6 Å². The molecule has 0 atom stereocenters. The van der Waals surface area contributed by atoms with Crippen LogP contribution in [0.15, 0.2) is 71.6 Å². The highest BCUT2D eigenvalue weighted by atomic mass is 35.5. The summed E-state index contributed by atoms with van der Waals surface area (Å²) in [6, 6.07) is 14.8. The molecule has 0 N–H and O–H groups in total. The number of hydrogen-bond donors (Lipinski definition) is 0. The van der Waals surface area contributed by atoms with Crippen molar-refractivity contribution in [3.63, 3.8) is 0 Å². The lowest BCUT2D eigenvalue weighted by atomic mass is 10.2. The van der Waals surface area contributed by atoms with Crippen molar-refractivity contribution in [1.29, 1.82) is 0 Å². The Balaban J connectivity index is 1.93. The lowest BCUT2D eigenvalue weighted by Gasteiger charge is -2.41. The minimum Gasteiger partial charge on any atom is -0.633 e. The van der Waals surface area contributed by atoms with Crippen molar-refractivity contribution in [3.05, 3.63) is 94.2 Å². The molecule has 0 amide bonds. The molecule has 0 heterocycles. The molecule has 3 aromatic carbocycles. The topological polar surface area (TPSA) is 69.7 Å². The maximum absolute atomic E-state index is 14.8. The zero-order valence-electron chi connectivity index (χ0n) is 20.2. The number of para-hydroxylation sites is 1. The number of hydrogen-bond acceptors (Lipinski definition) is 4. The molecule has 36 heavy (non-hydrogen) atoms. The standard InChI is InChI=1S/C26H29ClF2N2O4S/c1-3-31(32,4-2)16-7-17-35-26-9-6-5-8-20(26)19-30(25-18-22(28)12-15-24(25)29)36(33,34)23-13-10-21(27)11-14-23/h5-6,8-15,18H,3-4,7,16-17,19H2,1-2H3. The van der Waals surface area contributed by atoms with Crippen LogP contribution in [0.25, 0.3) is 0 Å². The summed E-state index contributed by atoms with van der Waals surface area (Å²) >= 11 is 5.91. The number of anilines is 1. The van der Waals surface area contributed by atoms with Crippen LogP contribution < -0.4 is 9.04 Å². The third-order valence-electron chi connectivity index (χ3n) is 5.99. The van der Waals surface area contributed by atoms with Gasteiger partial charge in [-0.2, -0.15) is 0 Å². The Bertz CT molecular complexity index is 1270. The first-order chi connectivity index (χ1) is 17.1. The van der Waals surface area contributed by atoms with Crippen LogP contribution in [0.3, 0.4) is 0 Å². The Hall–Kier alpha value is -2.72. The largest absolute Gasteiger partial charge is 0.633 e. The summed E-state index contributed by atoms with van der Waals surface area (Å²) in [4.78, 5) is -0.127. The van der Waals surface area contributed by atoms with Crippen LogP contribution in [-0.2, 0) is 16.6 Å². The van der Waals surface area contributed by atoms with Gasteiger partial charge in [0.2, 0.25) is 0 Å². The average molecular weight is 539 g/mol. The maximum atomic E-state index is 14.8. The molecule has 0 aliphatic heterocycles. The first-order valence-electron chi connectivity index (χ1n) is 11.6. The normalized spacial score (nSPS) is 11.9. The molecule has 0 aliphatic rings. The second-order valence-electron chi connectivity index (χ2n) is 8.29. The van der Waals surface area contributed by atoms with Crippen LogP contribution in [0.5, 0.6) is 5.75 Å². The number of nitrogens with zero attached hydrogens (tertiary/aromatic N) is 2. The van der Waals surface area contributed by atoms with Gasteiger partial charge in [0.15, 0.2) is 0 Å². The van der Waals surface area contributed by atoms with Crippen LogP contribution in [0, 0.1) is 16.8 Å². The highest BCUT2D eigenvalue weighted by Crippen LogP contribution is 2.32. The van der Waals surface area contributed by atoms with E-state index in [1.54, 1.807) is 24.3 Å². The summed E-state index contributed by atoms with van der Waals surface area (Å²) in [5.41, 5.74) is 0.0200. The van der Waals surface area contributed by atoms with Crippen LogP contribution in [0.4, 0.5) is 14.5 Å². The van der Waals surface area contributed by atoms with Gasteiger partial charge in [-0.05, 0) is 56.3 Å². The van der Waals surface area contributed by atoms with E-state index in [9.17, 15) is 22.4 Å². The molecule has 3 rings (SSSR count). The summed E-state index contributed by atoms with van der Waals surface area (Å²) in [6.07, 6.45) is 0.505. The van der Waals surface area contributed by atoms with Crippen molar-refractivity contribution in [1.82, 2.24) is 0 Å². The average Bonchev–Trinajstić information content (AvgIpc) is 2.87. The molecule has 0 radical (unpaired) electrons. The fourth-order valence-corrected chi connectivity index (χ4v) is 5.28. The maximum Gasteiger partial charge on any atom is 0.264 e. The van der Waals surface area contributed by atoms with Crippen molar-refractivity contribution >= 4 is 27.3 Å². The van der Waals surface area contributed by atoms with E-state index in [2.05, 4.69) is 0 Å². The molecule has 6 nitrogen and oxygen atoms in total. The van der Waals surface area contributed by atoms with E-state index in [1.165, 1.54) is 24.3 Å². The van der Waals surface area contributed by atoms with Gasteiger partial charge in [-0.1, -0.05) is 29.8 Å². The van der Waals surface area contributed by atoms with Gasteiger partial charge in [0.25, 0.3) is 10.0 Å². The number of quaternary nitrogens is 1. The molecule has 194 valence electrons. The van der Waals surface area contributed by atoms with Crippen LogP contribution in [0.2, 0.25) is 5.02 Å². The summed E-state index contributed by atoms with van der Waals surface area (Å²) in [6.45, 7) is 4.93.